The van der Waals surface area contributed by atoms with Crippen molar-refractivity contribution in [1.82, 2.24) is 14.8 Å². The molecule has 5 nitrogen and oxygen atoms in total. The molecule has 0 aliphatic heterocycles. The third-order valence-electron chi connectivity index (χ3n) is 5.51. The van der Waals surface area contributed by atoms with E-state index in [9.17, 15) is 4.79 Å². The lowest BCUT2D eigenvalue weighted by Gasteiger charge is -2.12. The van der Waals surface area contributed by atoms with E-state index in [1.807, 2.05) is 80.1 Å². The predicted molar refractivity (Wildman–Crippen MR) is 121 cm³/mol. The smallest absolute Gasteiger partial charge is 0.224 e. The van der Waals surface area contributed by atoms with Gasteiger partial charge in [0.1, 0.15) is 0 Å². The summed E-state index contributed by atoms with van der Waals surface area (Å²) in [6, 6.07) is 17.9. The van der Waals surface area contributed by atoms with Crippen molar-refractivity contribution < 1.29 is 4.79 Å². The lowest BCUT2D eigenvalue weighted by Crippen LogP contribution is -2.13. The summed E-state index contributed by atoms with van der Waals surface area (Å²) in [5.41, 5.74) is 8.02. The maximum atomic E-state index is 12.5. The number of carbonyl (C=O) groups is 1. The molecule has 1 amide bonds. The number of rotatable bonds is 5. The molecule has 2 aromatic carbocycles. The van der Waals surface area contributed by atoms with Crippen molar-refractivity contribution in [3.63, 3.8) is 0 Å². The van der Waals surface area contributed by atoms with Crippen LogP contribution in [-0.2, 0) is 11.2 Å². The second-order valence-electron chi connectivity index (χ2n) is 7.75. The Morgan fingerprint density at radius 1 is 0.933 bits per heavy atom. The van der Waals surface area contributed by atoms with Crippen LogP contribution < -0.4 is 5.32 Å². The zero-order valence-corrected chi connectivity index (χ0v) is 17.9. The number of anilines is 1. The van der Waals surface area contributed by atoms with Gasteiger partial charge < -0.3 is 5.32 Å². The van der Waals surface area contributed by atoms with E-state index in [2.05, 4.69) is 12.2 Å². The Balaban J connectivity index is 1.60. The van der Waals surface area contributed by atoms with E-state index in [-0.39, 0.29) is 5.91 Å². The first kappa shape index (κ1) is 19.8. The summed E-state index contributed by atoms with van der Waals surface area (Å²) in [6.07, 6.45) is 1.06. The summed E-state index contributed by atoms with van der Waals surface area (Å²) in [4.78, 5) is 17.3. The number of hydrogen-bond donors (Lipinski definition) is 1. The van der Waals surface area contributed by atoms with Crippen LogP contribution in [0, 0.1) is 27.7 Å². The van der Waals surface area contributed by atoms with Crippen molar-refractivity contribution in [2.24, 2.45) is 0 Å². The van der Waals surface area contributed by atoms with Gasteiger partial charge in [0.2, 0.25) is 5.91 Å². The van der Waals surface area contributed by atoms with Crippen LogP contribution >= 0.6 is 0 Å². The largest absolute Gasteiger partial charge is 0.326 e. The number of amides is 1. The van der Waals surface area contributed by atoms with Gasteiger partial charge in [-0.1, -0.05) is 35.9 Å². The maximum Gasteiger partial charge on any atom is 0.224 e. The van der Waals surface area contributed by atoms with Crippen LogP contribution in [0.1, 0.15) is 34.5 Å². The molecule has 5 heteroatoms. The van der Waals surface area contributed by atoms with Gasteiger partial charge in [-0.2, -0.15) is 5.10 Å². The summed E-state index contributed by atoms with van der Waals surface area (Å²) >= 11 is 0. The van der Waals surface area contributed by atoms with E-state index in [1.165, 1.54) is 5.56 Å². The predicted octanol–water partition coefficient (Wildman–Crippen LogP) is 5.23. The molecule has 0 atom stereocenters. The molecule has 0 unspecified atom stereocenters. The molecule has 4 aromatic rings. The standard InChI is InChI=1S/C25H26N4O/c1-16-10-12-20(13-11-16)27-23(30)15-14-22-17(2)24-19(4)28-29(25(24)26-18(22)3)21-8-6-5-7-9-21/h5-13H,14-15H2,1-4H3,(H,27,30). The Hall–Kier alpha value is -3.47. The number of fused-ring (bicyclic) bond motifs is 1. The average Bonchev–Trinajstić information content (AvgIpc) is 3.06. The van der Waals surface area contributed by atoms with Gasteiger partial charge in [-0.3, -0.25) is 4.79 Å². The average molecular weight is 399 g/mol. The third-order valence-corrected chi connectivity index (χ3v) is 5.51. The van der Waals surface area contributed by atoms with Crippen molar-refractivity contribution in [3.05, 3.63) is 82.7 Å². The van der Waals surface area contributed by atoms with E-state index in [0.717, 1.165) is 44.9 Å². The number of aryl methyl sites for hydroxylation is 4. The zero-order valence-electron chi connectivity index (χ0n) is 17.9. The number of nitrogens with zero attached hydrogens (tertiary/aromatic N) is 3. The van der Waals surface area contributed by atoms with Crippen LogP contribution in [0.2, 0.25) is 0 Å². The monoisotopic (exact) mass is 398 g/mol. The number of para-hydroxylation sites is 1. The highest BCUT2D eigenvalue weighted by Crippen LogP contribution is 2.28. The summed E-state index contributed by atoms with van der Waals surface area (Å²) in [7, 11) is 0. The van der Waals surface area contributed by atoms with Crippen molar-refractivity contribution in [2.45, 2.75) is 40.5 Å². The second kappa shape index (κ2) is 8.11. The fourth-order valence-electron chi connectivity index (χ4n) is 3.92. The number of pyridine rings is 1. The fraction of sp³-hybridized carbons (Fsp3) is 0.240. The van der Waals surface area contributed by atoms with E-state index >= 15 is 0 Å². The molecule has 2 heterocycles. The molecule has 0 fully saturated rings. The molecule has 0 spiro atoms. The van der Waals surface area contributed by atoms with Crippen LogP contribution in [-0.4, -0.2) is 20.7 Å². The molecule has 0 radical (unpaired) electrons. The molecular formula is C25H26N4O. The second-order valence-corrected chi connectivity index (χ2v) is 7.75. The molecule has 0 saturated heterocycles. The summed E-state index contributed by atoms with van der Waals surface area (Å²) < 4.78 is 1.90. The molecule has 0 saturated carbocycles. The van der Waals surface area contributed by atoms with Crippen LogP contribution in [0.4, 0.5) is 5.69 Å². The van der Waals surface area contributed by atoms with Crippen molar-refractivity contribution in [2.75, 3.05) is 5.32 Å². The van der Waals surface area contributed by atoms with Crippen LogP contribution in [0.15, 0.2) is 54.6 Å². The molecule has 0 aliphatic rings. The molecule has 0 aliphatic carbocycles. The molecule has 1 N–H and O–H groups in total. The first-order valence-corrected chi connectivity index (χ1v) is 10.2. The van der Waals surface area contributed by atoms with Crippen molar-refractivity contribution in [3.8, 4) is 5.69 Å². The quantitative estimate of drug-likeness (QED) is 0.501. The van der Waals surface area contributed by atoms with Crippen LogP contribution in [0.25, 0.3) is 16.7 Å². The van der Waals surface area contributed by atoms with Gasteiger partial charge in [0.15, 0.2) is 5.65 Å². The van der Waals surface area contributed by atoms with Gasteiger partial charge in [-0.05, 0) is 69.5 Å². The first-order valence-electron chi connectivity index (χ1n) is 10.2. The lowest BCUT2D eigenvalue weighted by molar-refractivity contribution is -0.116. The molecule has 4 rings (SSSR count). The Kier molecular flexibility index (Phi) is 5.36. The SMILES string of the molecule is Cc1ccc(NC(=O)CCc2c(C)nc3c(c(C)nn3-c3ccccc3)c2C)cc1. The molecule has 2 aromatic heterocycles. The van der Waals surface area contributed by atoms with E-state index in [0.29, 0.717) is 12.8 Å². The molecular weight excluding hydrogens is 372 g/mol. The highest BCUT2D eigenvalue weighted by molar-refractivity contribution is 5.91. The minimum atomic E-state index is 0.00875. The van der Waals surface area contributed by atoms with Gasteiger partial charge in [0, 0.05) is 23.2 Å². The third kappa shape index (κ3) is 3.83. The molecule has 0 bridgehead atoms. The highest BCUT2D eigenvalue weighted by atomic mass is 16.1. The minimum Gasteiger partial charge on any atom is -0.326 e. The molecule has 152 valence electrons. The van der Waals surface area contributed by atoms with Crippen LogP contribution in [0.3, 0.4) is 0 Å². The Bertz CT molecular complexity index is 1210. The topological polar surface area (TPSA) is 59.8 Å². The van der Waals surface area contributed by atoms with Gasteiger partial charge in [-0.25, -0.2) is 9.67 Å². The fourth-order valence-corrected chi connectivity index (χ4v) is 3.92. The van der Waals surface area contributed by atoms with Crippen LogP contribution in [0.5, 0.6) is 0 Å². The van der Waals surface area contributed by atoms with Gasteiger partial charge in [0.05, 0.1) is 11.4 Å². The number of nitrogens with one attached hydrogen (secondary N) is 1. The van der Waals surface area contributed by atoms with Gasteiger partial charge >= 0.3 is 0 Å². The van der Waals surface area contributed by atoms with E-state index in [1.54, 1.807) is 0 Å². The molecule has 30 heavy (non-hydrogen) atoms. The normalized spacial score (nSPS) is 11.1. The number of benzene rings is 2. The van der Waals surface area contributed by atoms with E-state index in [4.69, 9.17) is 10.1 Å². The lowest BCUT2D eigenvalue weighted by atomic mass is 9.99. The first-order chi connectivity index (χ1) is 14.4. The van der Waals surface area contributed by atoms with Gasteiger partial charge in [-0.15, -0.1) is 0 Å². The highest BCUT2D eigenvalue weighted by Gasteiger charge is 2.18. The van der Waals surface area contributed by atoms with Gasteiger partial charge in [0.25, 0.3) is 0 Å². The van der Waals surface area contributed by atoms with Crippen molar-refractivity contribution >= 4 is 22.6 Å². The zero-order chi connectivity index (χ0) is 21.3. The summed E-state index contributed by atoms with van der Waals surface area (Å²) in [5, 5.41) is 8.78. The van der Waals surface area contributed by atoms with Crippen molar-refractivity contribution in [1.29, 1.82) is 0 Å². The Morgan fingerprint density at radius 2 is 1.63 bits per heavy atom. The number of carbonyl (C=O) groups excluding carboxylic acids is 1. The Morgan fingerprint density at radius 3 is 2.33 bits per heavy atom. The number of aromatic nitrogens is 3. The summed E-state index contributed by atoms with van der Waals surface area (Å²) in [5.74, 6) is 0.00875. The maximum absolute atomic E-state index is 12.5. The Labute approximate surface area is 176 Å². The minimum absolute atomic E-state index is 0.00875. The summed E-state index contributed by atoms with van der Waals surface area (Å²) in [6.45, 7) is 8.16. The number of hydrogen-bond acceptors (Lipinski definition) is 3. The van der Waals surface area contributed by atoms with E-state index < -0.39 is 0 Å².